The lowest BCUT2D eigenvalue weighted by atomic mass is 10.1. The van der Waals surface area contributed by atoms with E-state index in [1.165, 1.54) is 31.7 Å². The number of nitrogens with zero attached hydrogens (tertiary/aromatic N) is 3. The number of nitrogens with one attached hydrogen (secondary N) is 3. The van der Waals surface area contributed by atoms with Gasteiger partial charge < -0.3 is 20.9 Å². The minimum absolute atomic E-state index is 0.246. The smallest absolute Gasteiger partial charge is 0.258 e. The third-order valence-electron chi connectivity index (χ3n) is 4.61. The van der Waals surface area contributed by atoms with Crippen LogP contribution < -0.4 is 10.6 Å². The molecule has 0 bridgehead atoms. The Morgan fingerprint density at radius 1 is 1.18 bits per heavy atom. The fourth-order valence-electron chi connectivity index (χ4n) is 3.14. The lowest BCUT2D eigenvalue weighted by Crippen LogP contribution is -2.34. The second-order valence-corrected chi connectivity index (χ2v) is 7.38. The van der Waals surface area contributed by atoms with Crippen LogP contribution in [-0.2, 0) is 0 Å². The molecular formula is C19H22Cl2N6O. The second kappa shape index (κ2) is 9.82. The number of halogens is 2. The Hall–Kier alpha value is -2.22. The zero-order valence-corrected chi connectivity index (χ0v) is 16.9. The van der Waals surface area contributed by atoms with Crippen molar-refractivity contribution in [2.75, 3.05) is 36.8 Å². The molecule has 1 aromatic carbocycles. The number of likely N-dealkylation sites (tertiary alicyclic amines) is 1. The van der Waals surface area contributed by atoms with Gasteiger partial charge in [0.1, 0.15) is 18.0 Å². The summed E-state index contributed by atoms with van der Waals surface area (Å²) in [6, 6.07) is 4.64. The number of carbonyl (C=O) groups is 1. The molecule has 0 atom stereocenters. The summed E-state index contributed by atoms with van der Waals surface area (Å²) in [7, 11) is 0. The number of anilines is 2. The topological polar surface area (TPSA) is 94.0 Å². The molecule has 1 saturated heterocycles. The molecule has 1 amide bonds. The second-order valence-electron chi connectivity index (χ2n) is 6.54. The maximum absolute atomic E-state index is 12.5. The maximum atomic E-state index is 12.5. The summed E-state index contributed by atoms with van der Waals surface area (Å²) in [6.45, 7) is 3.84. The Balaban J connectivity index is 1.68. The predicted octanol–water partition coefficient (Wildman–Crippen LogP) is 3.93. The lowest BCUT2D eigenvalue weighted by molar-refractivity contribution is 0.102. The van der Waals surface area contributed by atoms with E-state index >= 15 is 0 Å². The first-order valence-corrected chi connectivity index (χ1v) is 9.92. The normalized spacial score (nSPS) is 14.5. The lowest BCUT2D eigenvalue weighted by Gasteiger charge is -2.26. The van der Waals surface area contributed by atoms with Crippen molar-refractivity contribution >= 4 is 47.0 Å². The summed E-state index contributed by atoms with van der Waals surface area (Å²) in [6.07, 6.45) is 6.26. The summed E-state index contributed by atoms with van der Waals surface area (Å²) in [5.41, 5.74) is 0.694. The van der Waals surface area contributed by atoms with Gasteiger partial charge in [0.2, 0.25) is 0 Å². The highest BCUT2D eigenvalue weighted by Gasteiger charge is 2.16. The molecule has 7 nitrogen and oxygen atoms in total. The molecule has 1 aliphatic rings. The Bertz CT molecular complexity index is 854. The van der Waals surface area contributed by atoms with Crippen LogP contribution in [0.1, 0.15) is 35.2 Å². The van der Waals surface area contributed by atoms with Crippen LogP contribution in [-0.4, -0.2) is 53.2 Å². The number of benzene rings is 1. The molecule has 9 heteroatoms. The SMILES string of the molecule is N=Cc1c(NCCN2CCCCC2)ncnc1NC(=O)c1ccc(Cl)cc1Cl. The van der Waals surface area contributed by atoms with E-state index in [0.717, 1.165) is 25.8 Å². The third kappa shape index (κ3) is 5.19. The molecule has 3 rings (SSSR count). The van der Waals surface area contributed by atoms with Gasteiger partial charge in [0.05, 0.1) is 16.1 Å². The number of hydrogen-bond acceptors (Lipinski definition) is 6. The van der Waals surface area contributed by atoms with Gasteiger partial charge in [-0.25, -0.2) is 9.97 Å². The molecule has 3 N–H and O–H groups in total. The summed E-state index contributed by atoms with van der Waals surface area (Å²) in [5.74, 6) is 0.337. The maximum Gasteiger partial charge on any atom is 0.258 e. The van der Waals surface area contributed by atoms with Crippen molar-refractivity contribution in [2.45, 2.75) is 19.3 Å². The van der Waals surface area contributed by atoms with Gasteiger partial charge in [-0.3, -0.25) is 4.79 Å². The number of carbonyl (C=O) groups excluding carboxylic acids is 1. The van der Waals surface area contributed by atoms with Gasteiger partial charge in [-0.05, 0) is 44.1 Å². The van der Waals surface area contributed by atoms with Crippen LogP contribution >= 0.6 is 23.2 Å². The van der Waals surface area contributed by atoms with Crippen LogP contribution in [0.2, 0.25) is 10.0 Å². The fraction of sp³-hybridized carbons (Fsp3) is 0.368. The molecule has 0 unspecified atom stereocenters. The molecule has 2 aromatic rings. The Morgan fingerprint density at radius 2 is 1.93 bits per heavy atom. The van der Waals surface area contributed by atoms with Gasteiger partial charge in [-0.2, -0.15) is 0 Å². The Morgan fingerprint density at radius 3 is 2.64 bits per heavy atom. The number of hydrogen-bond donors (Lipinski definition) is 3. The fourth-order valence-corrected chi connectivity index (χ4v) is 3.63. The molecule has 2 heterocycles. The van der Waals surface area contributed by atoms with Crippen molar-refractivity contribution in [1.82, 2.24) is 14.9 Å². The molecule has 1 aromatic heterocycles. The van der Waals surface area contributed by atoms with Crippen molar-refractivity contribution in [3.8, 4) is 0 Å². The van der Waals surface area contributed by atoms with E-state index in [-0.39, 0.29) is 16.4 Å². The largest absolute Gasteiger partial charge is 0.368 e. The van der Waals surface area contributed by atoms with Crippen LogP contribution in [0.3, 0.4) is 0 Å². The van der Waals surface area contributed by atoms with Crippen LogP contribution in [0.5, 0.6) is 0 Å². The van der Waals surface area contributed by atoms with Crippen LogP contribution in [0.25, 0.3) is 0 Å². The molecule has 28 heavy (non-hydrogen) atoms. The first-order valence-electron chi connectivity index (χ1n) is 9.16. The van der Waals surface area contributed by atoms with Crippen molar-refractivity contribution in [3.05, 3.63) is 45.7 Å². The summed E-state index contributed by atoms with van der Waals surface area (Å²) in [5, 5.41) is 14.4. The zero-order chi connectivity index (χ0) is 19.9. The van der Waals surface area contributed by atoms with Gasteiger partial charge >= 0.3 is 0 Å². The highest BCUT2D eigenvalue weighted by atomic mass is 35.5. The van der Waals surface area contributed by atoms with Crippen molar-refractivity contribution < 1.29 is 4.79 Å². The average molecular weight is 421 g/mol. The predicted molar refractivity (Wildman–Crippen MR) is 113 cm³/mol. The summed E-state index contributed by atoms with van der Waals surface area (Å²) in [4.78, 5) is 23.3. The van der Waals surface area contributed by atoms with E-state index < -0.39 is 5.91 Å². The van der Waals surface area contributed by atoms with Gasteiger partial charge in [-0.15, -0.1) is 0 Å². The molecule has 0 aliphatic carbocycles. The third-order valence-corrected chi connectivity index (χ3v) is 5.15. The average Bonchev–Trinajstić information content (AvgIpc) is 2.69. The van der Waals surface area contributed by atoms with Gasteiger partial charge in [-0.1, -0.05) is 29.6 Å². The minimum Gasteiger partial charge on any atom is -0.368 e. The van der Waals surface area contributed by atoms with Crippen LogP contribution in [0, 0.1) is 5.41 Å². The number of rotatable bonds is 7. The van der Waals surface area contributed by atoms with E-state index in [2.05, 4.69) is 25.5 Å². The number of aromatic nitrogens is 2. The quantitative estimate of drug-likeness (QED) is 0.589. The molecule has 1 aliphatic heterocycles. The van der Waals surface area contributed by atoms with Crippen molar-refractivity contribution in [3.63, 3.8) is 0 Å². The zero-order valence-electron chi connectivity index (χ0n) is 15.3. The summed E-state index contributed by atoms with van der Waals surface area (Å²) < 4.78 is 0. The van der Waals surface area contributed by atoms with E-state index in [0.29, 0.717) is 22.9 Å². The molecule has 0 spiro atoms. The standard InChI is InChI=1S/C19H22Cl2N6O/c20-13-4-5-14(16(21)10-13)19(28)26-18-15(11-22)17(24-12-25-18)23-6-9-27-7-2-1-3-8-27/h4-5,10-12,22H,1-3,6-9H2,(H2,23,24,25,26,28). The van der Waals surface area contributed by atoms with Gasteiger partial charge in [0.15, 0.2) is 0 Å². The Kier molecular flexibility index (Phi) is 7.19. The van der Waals surface area contributed by atoms with Crippen LogP contribution in [0.15, 0.2) is 24.5 Å². The highest BCUT2D eigenvalue weighted by molar-refractivity contribution is 6.37. The van der Waals surface area contributed by atoms with Crippen LogP contribution in [0.4, 0.5) is 11.6 Å². The first kappa shape index (κ1) is 20.5. The number of piperidine rings is 1. The van der Waals surface area contributed by atoms with E-state index in [1.54, 1.807) is 12.1 Å². The minimum atomic E-state index is -0.428. The molecule has 148 valence electrons. The molecule has 0 radical (unpaired) electrons. The van der Waals surface area contributed by atoms with Crippen molar-refractivity contribution in [1.29, 1.82) is 5.41 Å². The summed E-state index contributed by atoms with van der Waals surface area (Å²) >= 11 is 12.0. The van der Waals surface area contributed by atoms with Gasteiger partial charge in [0, 0.05) is 24.3 Å². The Labute approximate surface area is 174 Å². The molecule has 0 saturated carbocycles. The number of amides is 1. The van der Waals surface area contributed by atoms with Gasteiger partial charge in [0.25, 0.3) is 5.91 Å². The van der Waals surface area contributed by atoms with E-state index in [9.17, 15) is 4.79 Å². The molecular weight excluding hydrogens is 399 g/mol. The van der Waals surface area contributed by atoms with Crippen molar-refractivity contribution in [2.24, 2.45) is 0 Å². The first-order chi connectivity index (χ1) is 13.6. The monoisotopic (exact) mass is 420 g/mol. The molecule has 1 fully saturated rings. The van der Waals surface area contributed by atoms with E-state index in [4.69, 9.17) is 28.6 Å². The highest BCUT2D eigenvalue weighted by Crippen LogP contribution is 2.23. The van der Waals surface area contributed by atoms with E-state index in [1.807, 2.05) is 0 Å².